The first kappa shape index (κ1) is 20.1. The number of nitrogens with zero attached hydrogens (tertiary/aromatic N) is 1. The van der Waals surface area contributed by atoms with E-state index in [1.165, 1.54) is 4.88 Å². The molecule has 1 atom stereocenters. The first-order valence-electron chi connectivity index (χ1n) is 9.34. The highest BCUT2D eigenvalue weighted by Crippen LogP contribution is 2.33. The highest BCUT2D eigenvalue weighted by molar-refractivity contribution is 7.12. The molecule has 0 spiro atoms. The number of hydrogen-bond acceptors (Lipinski definition) is 3. The molecule has 27 heavy (non-hydrogen) atoms. The average Bonchev–Trinajstić information content (AvgIpc) is 2.89. The molecule has 1 aliphatic rings. The Morgan fingerprint density at radius 2 is 1.81 bits per heavy atom. The number of carbonyl (C=O) groups is 2. The van der Waals surface area contributed by atoms with E-state index in [4.69, 9.17) is 17.3 Å². The number of ketones is 1. The molecule has 1 aliphatic heterocycles. The molecule has 144 valence electrons. The summed E-state index contributed by atoms with van der Waals surface area (Å²) in [5.41, 5.74) is 8.33. The van der Waals surface area contributed by atoms with Crippen LogP contribution in [0.3, 0.4) is 0 Å². The summed E-state index contributed by atoms with van der Waals surface area (Å²) in [5, 5.41) is 0.654. The second-order valence-electron chi connectivity index (χ2n) is 7.57. The van der Waals surface area contributed by atoms with Crippen molar-refractivity contribution in [1.29, 1.82) is 0 Å². The van der Waals surface area contributed by atoms with Gasteiger partial charge in [0.05, 0.1) is 32.2 Å². The maximum atomic E-state index is 12.6. The van der Waals surface area contributed by atoms with Gasteiger partial charge in [-0.2, -0.15) is 0 Å². The van der Waals surface area contributed by atoms with E-state index in [1.54, 1.807) is 23.5 Å². The fraction of sp³-hybridized carbons (Fsp3) is 0.429. The number of quaternary nitrogens is 1. The molecule has 1 aromatic carbocycles. The summed E-state index contributed by atoms with van der Waals surface area (Å²) in [7, 11) is 2.26. The van der Waals surface area contributed by atoms with Crippen molar-refractivity contribution in [3.05, 3.63) is 55.7 Å². The Morgan fingerprint density at radius 1 is 1.15 bits per heavy atom. The van der Waals surface area contributed by atoms with Gasteiger partial charge in [0, 0.05) is 40.5 Å². The van der Waals surface area contributed by atoms with Crippen molar-refractivity contribution in [3.8, 4) is 0 Å². The number of nitrogens with two attached hydrogens (primary N) is 1. The zero-order chi connectivity index (χ0) is 19.6. The largest absolute Gasteiger partial charge is 0.366 e. The zero-order valence-electron chi connectivity index (χ0n) is 15.9. The van der Waals surface area contributed by atoms with Crippen LogP contribution in [0.2, 0.25) is 5.02 Å². The van der Waals surface area contributed by atoms with Gasteiger partial charge in [0.1, 0.15) is 5.78 Å². The Bertz CT molecular complexity index is 860. The standard InChI is InChI=1S/C21H25ClN2O2S/c1-3-24(2)10-8-17-18(9-11-24)27-19(20(17)21(23)26)13-16(25)12-14-4-6-15(22)7-5-14/h4-7H,3,8-13H2,1-2H3,(H-,23,26)/p+1. The van der Waals surface area contributed by atoms with Gasteiger partial charge in [-0.25, -0.2) is 0 Å². The minimum absolute atomic E-state index is 0.0883. The number of benzene rings is 1. The van der Waals surface area contributed by atoms with Crippen LogP contribution in [-0.2, 0) is 30.5 Å². The fourth-order valence-electron chi connectivity index (χ4n) is 3.70. The van der Waals surface area contributed by atoms with E-state index in [9.17, 15) is 9.59 Å². The van der Waals surface area contributed by atoms with Gasteiger partial charge < -0.3 is 10.2 Å². The van der Waals surface area contributed by atoms with Crippen LogP contribution in [-0.4, -0.2) is 42.9 Å². The van der Waals surface area contributed by atoms with Crippen LogP contribution in [0.4, 0.5) is 0 Å². The number of Topliss-reactive ketones (excluding diaryl/α,β-unsaturated/α-hetero) is 1. The lowest BCUT2D eigenvalue weighted by atomic mass is 10.0. The van der Waals surface area contributed by atoms with Crippen LogP contribution in [0, 0.1) is 0 Å². The summed E-state index contributed by atoms with van der Waals surface area (Å²) < 4.78 is 1.00. The van der Waals surface area contributed by atoms with Crippen LogP contribution in [0.1, 0.15) is 38.2 Å². The van der Waals surface area contributed by atoms with Crippen molar-refractivity contribution < 1.29 is 14.1 Å². The van der Waals surface area contributed by atoms with Gasteiger partial charge in [-0.05, 0) is 30.2 Å². The Morgan fingerprint density at radius 3 is 2.44 bits per heavy atom. The number of hydrogen-bond donors (Lipinski definition) is 1. The van der Waals surface area contributed by atoms with Crippen LogP contribution >= 0.6 is 22.9 Å². The first-order valence-corrected chi connectivity index (χ1v) is 10.5. The van der Waals surface area contributed by atoms with Crippen LogP contribution in [0.5, 0.6) is 0 Å². The Labute approximate surface area is 169 Å². The quantitative estimate of drug-likeness (QED) is 0.748. The monoisotopic (exact) mass is 405 g/mol. The summed E-state index contributed by atoms with van der Waals surface area (Å²) in [6, 6.07) is 7.30. The molecule has 0 fully saturated rings. The van der Waals surface area contributed by atoms with Gasteiger partial charge >= 0.3 is 0 Å². The summed E-state index contributed by atoms with van der Waals surface area (Å²) in [4.78, 5) is 26.8. The van der Waals surface area contributed by atoms with Gasteiger partial charge in [0.2, 0.25) is 5.91 Å². The average molecular weight is 406 g/mol. The number of likely N-dealkylation sites (N-methyl/N-ethyl adjacent to an activating group) is 1. The minimum atomic E-state index is -0.408. The summed E-state index contributed by atoms with van der Waals surface area (Å²) in [6.07, 6.45) is 2.39. The Balaban J connectivity index is 1.80. The van der Waals surface area contributed by atoms with E-state index in [2.05, 4.69) is 14.0 Å². The van der Waals surface area contributed by atoms with Crippen molar-refractivity contribution in [2.75, 3.05) is 26.7 Å². The van der Waals surface area contributed by atoms with Crippen LogP contribution in [0.15, 0.2) is 24.3 Å². The maximum Gasteiger partial charge on any atom is 0.250 e. The maximum absolute atomic E-state index is 12.6. The van der Waals surface area contributed by atoms with E-state index in [1.807, 2.05) is 12.1 Å². The Kier molecular flexibility index (Phi) is 6.04. The smallest absolute Gasteiger partial charge is 0.250 e. The zero-order valence-corrected chi connectivity index (χ0v) is 17.5. The minimum Gasteiger partial charge on any atom is -0.366 e. The number of primary amides is 1. The topological polar surface area (TPSA) is 60.2 Å². The third-order valence-electron chi connectivity index (χ3n) is 5.63. The Hall–Kier alpha value is -1.69. The molecular formula is C21H26ClN2O2S+. The van der Waals surface area contributed by atoms with Gasteiger partial charge in [-0.1, -0.05) is 23.7 Å². The molecule has 6 heteroatoms. The second kappa shape index (κ2) is 8.13. The van der Waals surface area contributed by atoms with E-state index >= 15 is 0 Å². The lowest BCUT2D eigenvalue weighted by molar-refractivity contribution is -0.906. The molecule has 0 bridgehead atoms. The highest BCUT2D eigenvalue weighted by atomic mass is 35.5. The molecule has 2 N–H and O–H groups in total. The third kappa shape index (κ3) is 4.60. The molecule has 3 rings (SSSR count). The van der Waals surface area contributed by atoms with Crippen molar-refractivity contribution in [3.63, 3.8) is 0 Å². The molecule has 2 heterocycles. The van der Waals surface area contributed by atoms with E-state index in [-0.39, 0.29) is 12.2 Å². The van der Waals surface area contributed by atoms with E-state index < -0.39 is 5.91 Å². The molecule has 0 saturated carbocycles. The number of rotatable bonds is 6. The molecule has 0 radical (unpaired) electrons. The molecule has 1 amide bonds. The van der Waals surface area contributed by atoms with Gasteiger partial charge in [0.25, 0.3) is 0 Å². The van der Waals surface area contributed by atoms with Crippen molar-refractivity contribution in [1.82, 2.24) is 0 Å². The predicted molar refractivity (Wildman–Crippen MR) is 111 cm³/mol. The second-order valence-corrected chi connectivity index (χ2v) is 9.19. The van der Waals surface area contributed by atoms with Crippen molar-refractivity contribution in [2.24, 2.45) is 5.73 Å². The summed E-state index contributed by atoms with van der Waals surface area (Å²) in [5.74, 6) is -0.320. The lowest BCUT2D eigenvalue weighted by Gasteiger charge is -2.31. The fourth-order valence-corrected chi connectivity index (χ4v) is 5.20. The van der Waals surface area contributed by atoms with E-state index in [0.29, 0.717) is 17.0 Å². The normalized spacial score (nSPS) is 19.4. The number of thiophene rings is 1. The molecule has 2 aromatic rings. The first-order chi connectivity index (χ1) is 12.8. The SMILES string of the molecule is CC[N+]1(C)CCc2sc(CC(=O)Cc3ccc(Cl)cc3)c(C(N)=O)c2CC1. The van der Waals surface area contributed by atoms with Crippen molar-refractivity contribution in [2.45, 2.75) is 32.6 Å². The molecule has 4 nitrogen and oxygen atoms in total. The number of halogens is 1. The van der Waals surface area contributed by atoms with E-state index in [0.717, 1.165) is 53.0 Å². The predicted octanol–water partition coefficient (Wildman–Crippen LogP) is 3.42. The van der Waals surface area contributed by atoms with Gasteiger partial charge in [-0.3, -0.25) is 9.59 Å². The molecular weight excluding hydrogens is 380 g/mol. The summed E-state index contributed by atoms with van der Waals surface area (Å²) >= 11 is 7.50. The molecule has 0 saturated heterocycles. The molecule has 0 aliphatic carbocycles. The van der Waals surface area contributed by atoms with Crippen LogP contribution < -0.4 is 5.73 Å². The number of fused-ring (bicyclic) bond motifs is 1. The van der Waals surface area contributed by atoms with Crippen LogP contribution in [0.25, 0.3) is 0 Å². The number of amides is 1. The highest BCUT2D eigenvalue weighted by Gasteiger charge is 2.30. The summed E-state index contributed by atoms with van der Waals surface area (Å²) in [6.45, 7) is 5.33. The molecule has 1 unspecified atom stereocenters. The van der Waals surface area contributed by atoms with Gasteiger partial charge in [0.15, 0.2) is 0 Å². The third-order valence-corrected chi connectivity index (χ3v) is 7.17. The molecule has 1 aromatic heterocycles. The number of carbonyl (C=O) groups excluding carboxylic acids is 2. The lowest BCUT2D eigenvalue weighted by Crippen LogP contribution is -2.45. The van der Waals surface area contributed by atoms with Gasteiger partial charge in [-0.15, -0.1) is 11.3 Å². The van der Waals surface area contributed by atoms with Crippen molar-refractivity contribution >= 4 is 34.6 Å².